The third-order valence-corrected chi connectivity index (χ3v) is 7.06. The Kier molecular flexibility index (Phi) is 4.85. The van der Waals surface area contributed by atoms with Gasteiger partial charge in [0.05, 0.1) is 0 Å². The van der Waals surface area contributed by atoms with Gasteiger partial charge in [-0.15, -0.1) is 0 Å². The molecule has 1 heteroatoms. The number of fused-ring (bicyclic) bond motifs is 3. The van der Waals surface area contributed by atoms with Crippen LogP contribution in [0.5, 0.6) is 0 Å². The van der Waals surface area contributed by atoms with E-state index in [1.165, 1.54) is 44.5 Å². The lowest BCUT2D eigenvalue weighted by atomic mass is 9.81. The van der Waals surface area contributed by atoms with Crippen LogP contribution in [-0.2, 0) is 5.41 Å². The van der Waals surface area contributed by atoms with E-state index >= 15 is 0 Å². The zero-order valence-corrected chi connectivity index (χ0v) is 19.5. The summed E-state index contributed by atoms with van der Waals surface area (Å²) in [6.07, 6.45) is 0. The minimum atomic E-state index is -0.0855. The second kappa shape index (κ2) is 8.04. The van der Waals surface area contributed by atoms with E-state index in [1.54, 1.807) is 0 Å². The van der Waals surface area contributed by atoms with Crippen molar-refractivity contribution in [3.8, 4) is 33.4 Å². The Hall–Kier alpha value is -4.10. The SMILES string of the molecule is CC1(C)c2cc(Nc3ccccc3)c(-c3ccccc3)cc2-c2c(-c3ccccc3)cccc21. The van der Waals surface area contributed by atoms with Gasteiger partial charge in [-0.2, -0.15) is 0 Å². The van der Waals surface area contributed by atoms with Crippen LogP contribution in [0.2, 0.25) is 0 Å². The lowest BCUT2D eigenvalue weighted by Crippen LogP contribution is -2.15. The summed E-state index contributed by atoms with van der Waals surface area (Å²) < 4.78 is 0. The molecule has 6 rings (SSSR count). The fourth-order valence-corrected chi connectivity index (χ4v) is 5.33. The Morgan fingerprint density at radius 3 is 1.74 bits per heavy atom. The highest BCUT2D eigenvalue weighted by Crippen LogP contribution is 2.54. The maximum atomic E-state index is 3.71. The van der Waals surface area contributed by atoms with Crippen molar-refractivity contribution in [3.63, 3.8) is 0 Å². The molecule has 1 nitrogen and oxygen atoms in total. The van der Waals surface area contributed by atoms with Gasteiger partial charge in [0.2, 0.25) is 0 Å². The van der Waals surface area contributed by atoms with Gasteiger partial charge in [0.1, 0.15) is 0 Å². The number of benzene rings is 5. The van der Waals surface area contributed by atoms with E-state index in [0.29, 0.717) is 0 Å². The number of hydrogen-bond acceptors (Lipinski definition) is 1. The summed E-state index contributed by atoms with van der Waals surface area (Å²) in [4.78, 5) is 0. The topological polar surface area (TPSA) is 12.0 Å². The Bertz CT molecular complexity index is 1470. The molecular weight excluding hydrogens is 410 g/mol. The lowest BCUT2D eigenvalue weighted by Gasteiger charge is -2.23. The first-order valence-corrected chi connectivity index (χ1v) is 11.9. The van der Waals surface area contributed by atoms with Crippen LogP contribution in [0.4, 0.5) is 11.4 Å². The van der Waals surface area contributed by atoms with Crippen molar-refractivity contribution in [2.45, 2.75) is 19.3 Å². The van der Waals surface area contributed by atoms with E-state index in [1.807, 2.05) is 0 Å². The van der Waals surface area contributed by atoms with Gasteiger partial charge in [0.25, 0.3) is 0 Å². The zero-order chi connectivity index (χ0) is 23.1. The van der Waals surface area contributed by atoms with Crippen molar-refractivity contribution in [2.24, 2.45) is 0 Å². The van der Waals surface area contributed by atoms with Gasteiger partial charge in [0, 0.05) is 22.4 Å². The molecule has 164 valence electrons. The molecule has 0 aliphatic heterocycles. The summed E-state index contributed by atoms with van der Waals surface area (Å²) >= 11 is 0. The smallest absolute Gasteiger partial charge is 0.0467 e. The standard InChI is InChI=1S/C33H27N/c1-33(2)29-20-12-19-26(23-13-6-3-7-14-23)32(29)28-21-27(24-15-8-4-9-16-24)31(22-30(28)33)34-25-17-10-5-11-18-25/h3-22,34H,1-2H3. The summed E-state index contributed by atoms with van der Waals surface area (Å²) in [5.74, 6) is 0. The van der Waals surface area contributed by atoms with Crippen LogP contribution in [0.1, 0.15) is 25.0 Å². The quantitative estimate of drug-likeness (QED) is 0.296. The molecule has 1 N–H and O–H groups in total. The second-order valence-electron chi connectivity index (χ2n) is 9.52. The van der Waals surface area contributed by atoms with Crippen LogP contribution in [0.15, 0.2) is 121 Å². The highest BCUT2D eigenvalue weighted by atomic mass is 14.9. The van der Waals surface area contributed by atoms with Crippen LogP contribution in [0, 0.1) is 0 Å². The molecule has 0 amide bonds. The summed E-state index contributed by atoms with van der Waals surface area (Å²) in [6, 6.07) is 43.4. The van der Waals surface area contributed by atoms with E-state index in [0.717, 1.165) is 11.4 Å². The predicted octanol–water partition coefficient (Wildman–Crippen LogP) is 9.07. The van der Waals surface area contributed by atoms with E-state index in [-0.39, 0.29) is 5.41 Å². The number of para-hydroxylation sites is 1. The fourth-order valence-electron chi connectivity index (χ4n) is 5.33. The number of hydrogen-bond donors (Lipinski definition) is 1. The third-order valence-electron chi connectivity index (χ3n) is 7.06. The first-order valence-electron chi connectivity index (χ1n) is 11.9. The predicted molar refractivity (Wildman–Crippen MR) is 145 cm³/mol. The zero-order valence-electron chi connectivity index (χ0n) is 19.5. The summed E-state index contributed by atoms with van der Waals surface area (Å²) in [7, 11) is 0. The molecule has 1 aliphatic rings. The van der Waals surface area contributed by atoms with E-state index in [2.05, 4.69) is 140 Å². The average Bonchev–Trinajstić information content (AvgIpc) is 3.11. The molecule has 0 unspecified atom stereocenters. The molecule has 34 heavy (non-hydrogen) atoms. The Balaban J connectivity index is 1.62. The lowest BCUT2D eigenvalue weighted by molar-refractivity contribution is 0.661. The minimum Gasteiger partial charge on any atom is -0.355 e. The molecule has 1 aliphatic carbocycles. The number of anilines is 2. The molecule has 0 saturated heterocycles. The van der Waals surface area contributed by atoms with Gasteiger partial charge >= 0.3 is 0 Å². The van der Waals surface area contributed by atoms with Crippen LogP contribution < -0.4 is 5.32 Å². The minimum absolute atomic E-state index is 0.0855. The molecular formula is C33H27N. The highest BCUT2D eigenvalue weighted by Gasteiger charge is 2.37. The molecule has 0 bridgehead atoms. The highest BCUT2D eigenvalue weighted by molar-refractivity contribution is 5.97. The molecule has 0 radical (unpaired) electrons. The van der Waals surface area contributed by atoms with Crippen molar-refractivity contribution in [2.75, 3.05) is 5.32 Å². The largest absolute Gasteiger partial charge is 0.355 e. The Morgan fingerprint density at radius 2 is 1.09 bits per heavy atom. The van der Waals surface area contributed by atoms with Crippen molar-refractivity contribution in [3.05, 3.63) is 132 Å². The molecule has 0 heterocycles. The van der Waals surface area contributed by atoms with Gasteiger partial charge in [-0.05, 0) is 63.2 Å². The maximum absolute atomic E-state index is 3.71. The molecule has 0 atom stereocenters. The van der Waals surface area contributed by atoms with Gasteiger partial charge in [0.15, 0.2) is 0 Å². The summed E-state index contributed by atoms with van der Waals surface area (Å²) in [6.45, 7) is 4.70. The van der Waals surface area contributed by atoms with Crippen LogP contribution in [-0.4, -0.2) is 0 Å². The second-order valence-corrected chi connectivity index (χ2v) is 9.52. The van der Waals surface area contributed by atoms with Crippen LogP contribution in [0.3, 0.4) is 0 Å². The number of rotatable bonds is 4. The van der Waals surface area contributed by atoms with Crippen molar-refractivity contribution < 1.29 is 0 Å². The first-order chi connectivity index (χ1) is 16.6. The van der Waals surface area contributed by atoms with E-state index in [9.17, 15) is 0 Å². The molecule has 0 saturated carbocycles. The Labute approximate surface area is 201 Å². The van der Waals surface area contributed by atoms with Gasteiger partial charge in [-0.1, -0.05) is 111 Å². The van der Waals surface area contributed by atoms with Crippen LogP contribution >= 0.6 is 0 Å². The molecule has 5 aromatic rings. The van der Waals surface area contributed by atoms with E-state index < -0.39 is 0 Å². The maximum Gasteiger partial charge on any atom is 0.0467 e. The fraction of sp³-hybridized carbons (Fsp3) is 0.0909. The van der Waals surface area contributed by atoms with Crippen molar-refractivity contribution >= 4 is 11.4 Å². The normalized spacial score (nSPS) is 13.2. The van der Waals surface area contributed by atoms with Crippen LogP contribution in [0.25, 0.3) is 33.4 Å². The molecule has 0 spiro atoms. The van der Waals surface area contributed by atoms with E-state index in [4.69, 9.17) is 0 Å². The third kappa shape index (κ3) is 3.33. The van der Waals surface area contributed by atoms with Crippen molar-refractivity contribution in [1.29, 1.82) is 0 Å². The summed E-state index contributed by atoms with van der Waals surface area (Å²) in [5.41, 5.74) is 12.6. The van der Waals surface area contributed by atoms with Gasteiger partial charge in [-0.25, -0.2) is 0 Å². The number of nitrogens with one attached hydrogen (secondary N) is 1. The van der Waals surface area contributed by atoms with Crippen molar-refractivity contribution in [1.82, 2.24) is 0 Å². The monoisotopic (exact) mass is 437 g/mol. The first kappa shape index (κ1) is 20.5. The molecule has 0 fully saturated rings. The molecule has 0 aromatic heterocycles. The van der Waals surface area contributed by atoms with Gasteiger partial charge in [-0.3, -0.25) is 0 Å². The summed E-state index contributed by atoms with van der Waals surface area (Å²) in [5, 5.41) is 3.71. The van der Waals surface area contributed by atoms with Gasteiger partial charge < -0.3 is 5.32 Å². The Morgan fingerprint density at radius 1 is 0.500 bits per heavy atom. The average molecular weight is 438 g/mol. The molecule has 5 aromatic carbocycles.